The lowest BCUT2D eigenvalue weighted by Crippen LogP contribution is -2.16. The summed E-state index contributed by atoms with van der Waals surface area (Å²) in [7, 11) is 1.70. The first-order valence-electron chi connectivity index (χ1n) is 10.7. The third kappa shape index (κ3) is 3.63. The lowest BCUT2D eigenvalue weighted by molar-refractivity contribution is 0.415. The molecular weight excluding hydrogens is 390 g/mol. The number of ether oxygens (including phenoxy) is 1. The minimum atomic E-state index is 0.229. The maximum atomic E-state index is 5.36. The Morgan fingerprint density at radius 1 is 1.10 bits per heavy atom. The van der Waals surface area contributed by atoms with Gasteiger partial charge in [-0.3, -0.25) is 4.99 Å². The number of benzene rings is 2. The highest BCUT2D eigenvalue weighted by molar-refractivity contribution is 7.07. The molecule has 4 nitrogen and oxygen atoms in total. The fraction of sp³-hybridized carbons (Fsp3) is 0.360. The van der Waals surface area contributed by atoms with Crippen LogP contribution in [0, 0.1) is 17.8 Å². The summed E-state index contributed by atoms with van der Waals surface area (Å²) in [5.74, 6) is 2.82. The van der Waals surface area contributed by atoms with Crippen LogP contribution >= 0.6 is 11.3 Å². The van der Waals surface area contributed by atoms with Gasteiger partial charge in [-0.1, -0.05) is 30.4 Å². The quantitative estimate of drug-likeness (QED) is 0.386. The van der Waals surface area contributed by atoms with Crippen molar-refractivity contribution in [2.24, 2.45) is 27.8 Å². The van der Waals surface area contributed by atoms with E-state index in [2.05, 4.69) is 67.9 Å². The highest BCUT2D eigenvalue weighted by Gasteiger charge is 2.34. The molecule has 1 fully saturated rings. The van der Waals surface area contributed by atoms with Gasteiger partial charge in [0.05, 0.1) is 12.8 Å². The highest BCUT2D eigenvalue weighted by atomic mass is 32.1. The Kier molecular flexibility index (Phi) is 5.07. The van der Waals surface area contributed by atoms with Crippen LogP contribution in [0.2, 0.25) is 0 Å². The molecular formula is C25H27N3OS. The zero-order valence-electron chi connectivity index (χ0n) is 17.7. The van der Waals surface area contributed by atoms with Gasteiger partial charge in [-0.25, -0.2) is 4.68 Å². The molecule has 1 aromatic heterocycles. The number of hydrogen-bond acceptors (Lipinski definition) is 4. The zero-order chi connectivity index (χ0) is 20.7. The van der Waals surface area contributed by atoms with Crippen molar-refractivity contribution in [3.63, 3.8) is 0 Å². The average Bonchev–Trinajstić information content (AvgIpc) is 3.47. The first-order valence-corrected chi connectivity index (χ1v) is 11.5. The number of fused-ring (bicyclic) bond motifs is 3. The van der Waals surface area contributed by atoms with Crippen molar-refractivity contribution in [2.45, 2.75) is 32.7 Å². The molecule has 0 spiro atoms. The molecule has 5 rings (SSSR count). The van der Waals surface area contributed by atoms with Gasteiger partial charge in [0.2, 0.25) is 4.80 Å². The normalized spacial score (nSPS) is 23.5. The van der Waals surface area contributed by atoms with Crippen LogP contribution in [0.25, 0.3) is 22.0 Å². The predicted molar refractivity (Wildman–Crippen MR) is 125 cm³/mol. The van der Waals surface area contributed by atoms with Gasteiger partial charge in [-0.2, -0.15) is 5.10 Å². The molecule has 1 saturated carbocycles. The molecule has 2 bridgehead atoms. The topological polar surface area (TPSA) is 38.9 Å². The van der Waals surface area contributed by atoms with Gasteiger partial charge < -0.3 is 4.74 Å². The van der Waals surface area contributed by atoms with Gasteiger partial charge in [0, 0.05) is 29.1 Å². The molecule has 0 amide bonds. The standard InChI is InChI=1S/C25H27N3OS/c1-16(2)27-25-28(26-14-22-11-17-4-5-18(22)10-17)24(15-30-25)21-7-6-20-13-23(29-3)9-8-19(20)12-21/h4-9,12-18,22H,10-11H2,1-3H3. The van der Waals surface area contributed by atoms with E-state index in [1.54, 1.807) is 18.4 Å². The van der Waals surface area contributed by atoms with E-state index < -0.39 is 0 Å². The van der Waals surface area contributed by atoms with Crippen LogP contribution in [0.5, 0.6) is 5.75 Å². The van der Waals surface area contributed by atoms with Crippen LogP contribution in [0.4, 0.5) is 0 Å². The summed E-state index contributed by atoms with van der Waals surface area (Å²) in [4.78, 5) is 5.77. The summed E-state index contributed by atoms with van der Waals surface area (Å²) in [6, 6.07) is 13.0. The van der Waals surface area contributed by atoms with Crippen LogP contribution in [-0.2, 0) is 0 Å². The SMILES string of the molecule is COc1ccc2cc(-c3csc(=NC(C)C)n3N=CC3CC4C=CC3C4)ccc2c1. The van der Waals surface area contributed by atoms with Gasteiger partial charge in [-0.05, 0) is 67.5 Å². The van der Waals surface area contributed by atoms with E-state index in [1.165, 1.54) is 23.6 Å². The van der Waals surface area contributed by atoms with E-state index in [1.807, 2.05) is 10.7 Å². The monoisotopic (exact) mass is 417 g/mol. The van der Waals surface area contributed by atoms with Crippen molar-refractivity contribution in [3.8, 4) is 17.0 Å². The number of nitrogens with zero attached hydrogens (tertiary/aromatic N) is 3. The second-order valence-corrected chi connectivity index (χ2v) is 9.41. The summed E-state index contributed by atoms with van der Waals surface area (Å²) >= 11 is 1.66. The maximum absolute atomic E-state index is 5.36. The summed E-state index contributed by atoms with van der Waals surface area (Å²) in [5.41, 5.74) is 2.24. The molecule has 0 aliphatic heterocycles. The second kappa shape index (κ2) is 7.88. The molecule has 154 valence electrons. The van der Waals surface area contributed by atoms with Gasteiger partial charge in [0.1, 0.15) is 5.75 Å². The van der Waals surface area contributed by atoms with E-state index in [0.717, 1.165) is 27.7 Å². The molecule has 3 atom stereocenters. The molecule has 2 aromatic carbocycles. The van der Waals surface area contributed by atoms with Crippen LogP contribution in [0.15, 0.2) is 64.0 Å². The Balaban J connectivity index is 1.55. The molecule has 3 aromatic rings. The molecule has 1 heterocycles. The highest BCUT2D eigenvalue weighted by Crippen LogP contribution is 2.42. The Morgan fingerprint density at radius 2 is 1.93 bits per heavy atom. The number of thiazole rings is 1. The number of hydrogen-bond donors (Lipinski definition) is 0. The van der Waals surface area contributed by atoms with Gasteiger partial charge in [0.15, 0.2) is 0 Å². The first-order chi connectivity index (χ1) is 14.6. The van der Waals surface area contributed by atoms with Crippen molar-refractivity contribution in [1.29, 1.82) is 0 Å². The van der Waals surface area contributed by atoms with Crippen molar-refractivity contribution < 1.29 is 4.74 Å². The zero-order valence-corrected chi connectivity index (χ0v) is 18.5. The number of allylic oxidation sites excluding steroid dienone is 2. The molecule has 0 radical (unpaired) electrons. The molecule has 0 N–H and O–H groups in total. The van der Waals surface area contributed by atoms with E-state index in [4.69, 9.17) is 14.8 Å². The average molecular weight is 418 g/mol. The van der Waals surface area contributed by atoms with E-state index in [-0.39, 0.29) is 6.04 Å². The molecule has 2 aliphatic carbocycles. The van der Waals surface area contributed by atoms with Gasteiger partial charge in [-0.15, -0.1) is 11.3 Å². The molecule has 5 heteroatoms. The summed E-state index contributed by atoms with van der Waals surface area (Å²) < 4.78 is 7.39. The summed E-state index contributed by atoms with van der Waals surface area (Å²) in [5, 5.41) is 9.49. The number of aromatic nitrogens is 1. The molecule has 30 heavy (non-hydrogen) atoms. The van der Waals surface area contributed by atoms with Crippen molar-refractivity contribution in [1.82, 2.24) is 4.68 Å². The number of methoxy groups -OCH3 is 1. The van der Waals surface area contributed by atoms with Crippen LogP contribution in [0.1, 0.15) is 26.7 Å². The number of rotatable bonds is 5. The Morgan fingerprint density at radius 3 is 2.67 bits per heavy atom. The smallest absolute Gasteiger partial charge is 0.206 e. The molecule has 2 aliphatic rings. The van der Waals surface area contributed by atoms with E-state index >= 15 is 0 Å². The van der Waals surface area contributed by atoms with E-state index in [9.17, 15) is 0 Å². The van der Waals surface area contributed by atoms with Gasteiger partial charge in [0.25, 0.3) is 0 Å². The van der Waals surface area contributed by atoms with Crippen molar-refractivity contribution in [2.75, 3.05) is 7.11 Å². The largest absolute Gasteiger partial charge is 0.497 e. The Bertz CT molecular complexity index is 1200. The Labute approximate surface area is 181 Å². The minimum Gasteiger partial charge on any atom is -0.497 e. The van der Waals surface area contributed by atoms with Crippen LogP contribution < -0.4 is 9.54 Å². The lowest BCUT2D eigenvalue weighted by Gasteiger charge is -2.13. The summed E-state index contributed by atoms with van der Waals surface area (Å²) in [6.07, 6.45) is 9.42. The second-order valence-electron chi connectivity index (χ2n) is 8.57. The third-order valence-corrected chi connectivity index (χ3v) is 6.93. The lowest BCUT2D eigenvalue weighted by atomic mass is 9.95. The van der Waals surface area contributed by atoms with Crippen LogP contribution in [-0.4, -0.2) is 24.0 Å². The van der Waals surface area contributed by atoms with Gasteiger partial charge >= 0.3 is 0 Å². The molecule has 0 saturated heterocycles. The van der Waals surface area contributed by atoms with Crippen molar-refractivity contribution in [3.05, 3.63) is 58.7 Å². The van der Waals surface area contributed by atoms with Crippen molar-refractivity contribution >= 4 is 28.3 Å². The molecule has 3 unspecified atom stereocenters. The predicted octanol–water partition coefficient (Wildman–Crippen LogP) is 5.73. The fourth-order valence-electron chi connectivity index (χ4n) is 4.58. The van der Waals surface area contributed by atoms with E-state index in [0.29, 0.717) is 11.8 Å². The first kappa shape index (κ1) is 19.3. The Hall–Kier alpha value is -2.66. The third-order valence-electron chi connectivity index (χ3n) is 6.10. The minimum absolute atomic E-state index is 0.229. The fourth-order valence-corrected chi connectivity index (χ4v) is 5.55. The summed E-state index contributed by atoms with van der Waals surface area (Å²) in [6.45, 7) is 4.22. The van der Waals surface area contributed by atoms with Crippen LogP contribution in [0.3, 0.4) is 0 Å². The maximum Gasteiger partial charge on any atom is 0.206 e.